The van der Waals surface area contributed by atoms with Crippen molar-refractivity contribution in [3.05, 3.63) is 70.2 Å². The van der Waals surface area contributed by atoms with Gasteiger partial charge >= 0.3 is 5.76 Å². The van der Waals surface area contributed by atoms with Crippen molar-refractivity contribution < 1.29 is 9.21 Å². The molecule has 1 aromatic heterocycles. The molecule has 2 heterocycles. The lowest BCUT2D eigenvalue weighted by Gasteiger charge is -2.16. The van der Waals surface area contributed by atoms with E-state index in [9.17, 15) is 14.9 Å². The fourth-order valence-corrected chi connectivity index (χ4v) is 3.41. The van der Waals surface area contributed by atoms with Gasteiger partial charge in [0.2, 0.25) is 0 Å². The topological polar surface area (TPSA) is 90.1 Å². The number of nitriles is 1. The maximum Gasteiger partial charge on any atom is 0.417 e. The Balaban J connectivity index is 1.61. The molecule has 6 heteroatoms. The number of nitrogens with zero attached hydrogens (tertiary/aromatic N) is 2. The van der Waals surface area contributed by atoms with Gasteiger partial charge in [-0.3, -0.25) is 9.78 Å². The molecular weight excluding hydrogens is 318 g/mol. The molecule has 1 aliphatic rings. The van der Waals surface area contributed by atoms with Crippen LogP contribution in [0.4, 0.5) is 0 Å². The maximum atomic E-state index is 12.8. The summed E-state index contributed by atoms with van der Waals surface area (Å²) in [5.41, 5.74) is 2.44. The van der Waals surface area contributed by atoms with E-state index >= 15 is 0 Å². The van der Waals surface area contributed by atoms with Crippen molar-refractivity contribution in [3.63, 3.8) is 0 Å². The number of nitrogens with one attached hydrogen (secondary N) is 1. The van der Waals surface area contributed by atoms with Crippen molar-refractivity contribution in [1.82, 2.24) is 9.88 Å². The molecule has 6 nitrogen and oxygen atoms in total. The van der Waals surface area contributed by atoms with E-state index in [0.717, 1.165) is 5.56 Å². The molecule has 0 bridgehead atoms. The van der Waals surface area contributed by atoms with Crippen molar-refractivity contribution in [2.24, 2.45) is 5.92 Å². The highest BCUT2D eigenvalue weighted by molar-refractivity contribution is 5.97. The molecule has 124 valence electrons. The molecule has 2 aromatic carbocycles. The average Bonchev–Trinajstić information content (AvgIpc) is 3.23. The SMILES string of the molecule is N#C[C@@H]1CN(C(=O)c2ccc3oc(=O)[nH]c3c2)C[C@H]1c1ccccc1. The summed E-state index contributed by atoms with van der Waals surface area (Å²) in [4.78, 5) is 28.3. The number of hydrogen-bond acceptors (Lipinski definition) is 4. The second kappa shape index (κ2) is 5.95. The highest BCUT2D eigenvalue weighted by Gasteiger charge is 2.36. The number of carbonyl (C=O) groups excluding carboxylic acids is 1. The van der Waals surface area contributed by atoms with Crippen LogP contribution in [0.15, 0.2) is 57.7 Å². The Morgan fingerprint density at radius 3 is 2.76 bits per heavy atom. The Labute approximate surface area is 143 Å². The van der Waals surface area contributed by atoms with E-state index in [4.69, 9.17) is 4.42 Å². The highest BCUT2D eigenvalue weighted by atomic mass is 16.4. The number of amides is 1. The van der Waals surface area contributed by atoms with Crippen molar-refractivity contribution in [3.8, 4) is 6.07 Å². The third-order valence-corrected chi connectivity index (χ3v) is 4.67. The average molecular weight is 333 g/mol. The van der Waals surface area contributed by atoms with Crippen molar-refractivity contribution >= 4 is 17.0 Å². The van der Waals surface area contributed by atoms with Gasteiger partial charge in [-0.05, 0) is 23.8 Å². The number of aromatic nitrogens is 1. The van der Waals surface area contributed by atoms with E-state index in [-0.39, 0.29) is 17.7 Å². The molecule has 1 saturated heterocycles. The summed E-state index contributed by atoms with van der Waals surface area (Å²) in [5.74, 6) is -0.923. The third kappa shape index (κ3) is 2.70. The lowest BCUT2D eigenvalue weighted by Crippen LogP contribution is -2.28. The first-order valence-corrected chi connectivity index (χ1v) is 8.02. The Bertz CT molecular complexity index is 1030. The van der Waals surface area contributed by atoms with Gasteiger partial charge in [-0.15, -0.1) is 0 Å². The van der Waals surface area contributed by atoms with E-state index in [0.29, 0.717) is 29.8 Å². The number of benzene rings is 2. The quantitative estimate of drug-likeness (QED) is 0.780. The largest absolute Gasteiger partial charge is 0.417 e. The van der Waals surface area contributed by atoms with Crippen LogP contribution < -0.4 is 5.76 Å². The molecule has 0 unspecified atom stereocenters. The molecule has 1 aliphatic heterocycles. The normalized spacial score (nSPS) is 19.9. The molecule has 25 heavy (non-hydrogen) atoms. The summed E-state index contributed by atoms with van der Waals surface area (Å²) in [6.45, 7) is 0.899. The van der Waals surface area contributed by atoms with Gasteiger partial charge in [0.1, 0.15) is 0 Å². The van der Waals surface area contributed by atoms with Crippen LogP contribution in [0.5, 0.6) is 0 Å². The van der Waals surface area contributed by atoms with Gasteiger partial charge in [0.05, 0.1) is 17.5 Å². The van der Waals surface area contributed by atoms with E-state index < -0.39 is 5.76 Å². The summed E-state index contributed by atoms with van der Waals surface area (Å²) >= 11 is 0. The van der Waals surface area contributed by atoms with Crippen LogP contribution in [-0.4, -0.2) is 28.9 Å². The van der Waals surface area contributed by atoms with Crippen LogP contribution in [0, 0.1) is 17.2 Å². The van der Waals surface area contributed by atoms with Crippen molar-refractivity contribution in [2.45, 2.75) is 5.92 Å². The van der Waals surface area contributed by atoms with Gasteiger partial charge < -0.3 is 9.32 Å². The zero-order valence-corrected chi connectivity index (χ0v) is 13.3. The summed E-state index contributed by atoms with van der Waals surface area (Å²) in [6, 6.07) is 17.0. The number of likely N-dealkylation sites (tertiary alicyclic amines) is 1. The molecule has 0 radical (unpaired) electrons. The van der Waals surface area contributed by atoms with Crippen LogP contribution >= 0.6 is 0 Å². The summed E-state index contributed by atoms with van der Waals surface area (Å²) in [6.07, 6.45) is 0. The molecular formula is C19H15N3O3. The Hall–Kier alpha value is -3.33. The van der Waals surface area contributed by atoms with Crippen LogP contribution in [0.3, 0.4) is 0 Å². The van der Waals surface area contributed by atoms with Gasteiger partial charge in [-0.1, -0.05) is 30.3 Å². The number of aromatic amines is 1. The lowest BCUT2D eigenvalue weighted by molar-refractivity contribution is 0.0788. The van der Waals surface area contributed by atoms with Crippen LogP contribution in [0.2, 0.25) is 0 Å². The number of rotatable bonds is 2. The lowest BCUT2D eigenvalue weighted by atomic mass is 9.90. The Morgan fingerprint density at radius 1 is 1.20 bits per heavy atom. The van der Waals surface area contributed by atoms with Gasteiger partial charge in [-0.25, -0.2) is 4.79 Å². The van der Waals surface area contributed by atoms with Crippen LogP contribution in [0.1, 0.15) is 21.8 Å². The Morgan fingerprint density at radius 2 is 2.00 bits per heavy atom. The van der Waals surface area contributed by atoms with E-state index in [1.165, 1.54) is 0 Å². The number of oxazole rings is 1. The first kappa shape index (κ1) is 15.2. The third-order valence-electron chi connectivity index (χ3n) is 4.67. The van der Waals surface area contributed by atoms with Crippen LogP contribution in [0.25, 0.3) is 11.1 Å². The molecule has 0 aliphatic carbocycles. The standard InChI is InChI=1S/C19H15N3O3/c20-9-14-10-22(11-15(14)12-4-2-1-3-5-12)18(23)13-6-7-17-16(8-13)21-19(24)25-17/h1-8,14-15H,10-11H2,(H,21,24)/t14-,15+/m1/s1. The minimum absolute atomic E-state index is 0.00705. The monoisotopic (exact) mass is 333 g/mol. The fraction of sp³-hybridized carbons (Fsp3) is 0.211. The van der Waals surface area contributed by atoms with E-state index in [1.54, 1.807) is 23.1 Å². The molecule has 1 fully saturated rings. The summed E-state index contributed by atoms with van der Waals surface area (Å²) in [7, 11) is 0. The minimum atomic E-state index is -0.547. The fourth-order valence-electron chi connectivity index (χ4n) is 3.41. The second-order valence-corrected chi connectivity index (χ2v) is 6.19. The molecule has 2 atom stereocenters. The number of H-pyrrole nitrogens is 1. The predicted octanol–water partition coefficient (Wildman–Crippen LogP) is 2.50. The zero-order valence-electron chi connectivity index (χ0n) is 13.3. The van der Waals surface area contributed by atoms with Gasteiger partial charge in [0.25, 0.3) is 5.91 Å². The van der Waals surface area contributed by atoms with Gasteiger partial charge in [0, 0.05) is 24.6 Å². The summed E-state index contributed by atoms with van der Waals surface area (Å²) < 4.78 is 4.96. The predicted molar refractivity (Wildman–Crippen MR) is 91.0 cm³/mol. The first-order valence-electron chi connectivity index (χ1n) is 8.02. The number of fused-ring (bicyclic) bond motifs is 1. The molecule has 3 aromatic rings. The van der Waals surface area contributed by atoms with Crippen molar-refractivity contribution in [2.75, 3.05) is 13.1 Å². The summed E-state index contributed by atoms with van der Waals surface area (Å²) in [5, 5.41) is 9.47. The molecule has 0 spiro atoms. The molecule has 4 rings (SSSR count). The van der Waals surface area contributed by atoms with Gasteiger partial charge in [-0.2, -0.15) is 5.26 Å². The van der Waals surface area contributed by atoms with E-state index in [1.807, 2.05) is 30.3 Å². The zero-order chi connectivity index (χ0) is 17.4. The number of carbonyl (C=O) groups is 1. The maximum absolute atomic E-state index is 12.8. The first-order chi connectivity index (χ1) is 12.2. The molecule has 1 N–H and O–H groups in total. The smallest absolute Gasteiger partial charge is 0.408 e. The second-order valence-electron chi connectivity index (χ2n) is 6.19. The molecule has 0 saturated carbocycles. The Kier molecular flexibility index (Phi) is 3.62. The van der Waals surface area contributed by atoms with E-state index in [2.05, 4.69) is 11.1 Å². The molecule has 1 amide bonds. The van der Waals surface area contributed by atoms with Gasteiger partial charge in [0.15, 0.2) is 5.58 Å². The van der Waals surface area contributed by atoms with Crippen LogP contribution in [-0.2, 0) is 0 Å². The highest BCUT2D eigenvalue weighted by Crippen LogP contribution is 2.33. The minimum Gasteiger partial charge on any atom is -0.408 e. The number of hydrogen-bond donors (Lipinski definition) is 1. The van der Waals surface area contributed by atoms with Crippen molar-refractivity contribution in [1.29, 1.82) is 5.26 Å².